The van der Waals surface area contributed by atoms with E-state index in [4.69, 9.17) is 5.73 Å². The molecule has 5 nitrogen and oxygen atoms in total. The van der Waals surface area contributed by atoms with E-state index in [-0.39, 0.29) is 5.91 Å². The largest absolute Gasteiger partial charge is 0.340 e. The molecule has 0 saturated carbocycles. The monoisotopic (exact) mass is 260 g/mol. The first kappa shape index (κ1) is 15.2. The molecular weight excluding hydrogens is 240 g/mol. The van der Waals surface area contributed by atoms with Crippen molar-refractivity contribution in [2.45, 2.75) is 0 Å². The quantitative estimate of drug-likeness (QED) is 0.776. The predicted octanol–water partition coefficient (Wildman–Crippen LogP) is 0.0254. The van der Waals surface area contributed by atoms with E-state index >= 15 is 0 Å². The van der Waals surface area contributed by atoms with Crippen molar-refractivity contribution in [3.63, 3.8) is 0 Å². The second kappa shape index (κ2) is 7.52. The third kappa shape index (κ3) is 5.08. The molecule has 1 amide bonds. The third-order valence-corrected chi connectivity index (χ3v) is 2.55. The minimum Gasteiger partial charge on any atom is -0.340 e. The first-order valence-corrected chi connectivity index (χ1v) is 6.08. The predicted molar refractivity (Wildman–Crippen MR) is 75.7 cm³/mol. The molecule has 0 radical (unpaired) electrons. The zero-order valence-corrected chi connectivity index (χ0v) is 11.7. The summed E-state index contributed by atoms with van der Waals surface area (Å²) in [7, 11) is 5.73. The second-order valence-electron chi connectivity index (χ2n) is 4.50. The molecule has 0 fully saturated rings. The number of carbonyl (C=O) groups is 1. The molecule has 1 rings (SSSR count). The van der Waals surface area contributed by atoms with Gasteiger partial charge in [0.15, 0.2) is 0 Å². The highest BCUT2D eigenvalue weighted by atomic mass is 16.2. The Morgan fingerprint density at radius 1 is 1.32 bits per heavy atom. The van der Waals surface area contributed by atoms with E-state index in [0.717, 1.165) is 6.54 Å². The van der Waals surface area contributed by atoms with Gasteiger partial charge in [-0.05, 0) is 20.2 Å². The molecule has 0 unspecified atom stereocenters. The second-order valence-corrected chi connectivity index (χ2v) is 4.50. The summed E-state index contributed by atoms with van der Waals surface area (Å²) in [6, 6.07) is 1.74. The lowest BCUT2D eigenvalue weighted by Crippen LogP contribution is -2.33. The fourth-order valence-corrected chi connectivity index (χ4v) is 1.45. The van der Waals surface area contributed by atoms with Crippen molar-refractivity contribution in [1.82, 2.24) is 14.8 Å². The van der Waals surface area contributed by atoms with Gasteiger partial charge in [0.2, 0.25) is 0 Å². The van der Waals surface area contributed by atoms with E-state index < -0.39 is 0 Å². The molecule has 0 bridgehead atoms. The van der Waals surface area contributed by atoms with Crippen LogP contribution in [0.2, 0.25) is 0 Å². The number of aromatic nitrogens is 1. The lowest BCUT2D eigenvalue weighted by Gasteiger charge is -2.19. The van der Waals surface area contributed by atoms with Gasteiger partial charge in [0.1, 0.15) is 0 Å². The fourth-order valence-electron chi connectivity index (χ4n) is 1.45. The van der Waals surface area contributed by atoms with Crippen molar-refractivity contribution in [3.05, 3.63) is 29.6 Å². The van der Waals surface area contributed by atoms with Crippen molar-refractivity contribution >= 4 is 5.91 Å². The molecule has 1 aromatic rings. The summed E-state index contributed by atoms with van der Waals surface area (Å²) in [5.74, 6) is 5.57. The van der Waals surface area contributed by atoms with Crippen LogP contribution < -0.4 is 5.73 Å². The summed E-state index contributed by atoms with van der Waals surface area (Å²) >= 11 is 0. The SMILES string of the molecule is CN(C)CCN(C)C(=O)c1cncc(C#CCN)c1. The molecule has 0 aromatic carbocycles. The van der Waals surface area contributed by atoms with E-state index in [1.165, 1.54) is 0 Å². The normalized spacial score (nSPS) is 9.95. The van der Waals surface area contributed by atoms with Crippen LogP contribution in [0.4, 0.5) is 0 Å². The molecule has 5 heteroatoms. The van der Waals surface area contributed by atoms with Gasteiger partial charge in [-0.25, -0.2) is 0 Å². The maximum Gasteiger partial charge on any atom is 0.255 e. The molecule has 102 valence electrons. The Balaban J connectivity index is 2.76. The molecule has 0 atom stereocenters. The smallest absolute Gasteiger partial charge is 0.255 e. The van der Waals surface area contributed by atoms with Crippen LogP contribution in [0.25, 0.3) is 0 Å². The fraction of sp³-hybridized carbons (Fsp3) is 0.429. The van der Waals surface area contributed by atoms with Crippen molar-refractivity contribution in [2.24, 2.45) is 5.73 Å². The average molecular weight is 260 g/mol. The van der Waals surface area contributed by atoms with Crippen LogP contribution in [0.15, 0.2) is 18.5 Å². The maximum atomic E-state index is 12.2. The molecule has 0 aliphatic rings. The van der Waals surface area contributed by atoms with Crippen LogP contribution in [0, 0.1) is 11.8 Å². The number of likely N-dealkylation sites (N-methyl/N-ethyl adjacent to an activating group) is 2. The zero-order valence-electron chi connectivity index (χ0n) is 11.7. The van der Waals surface area contributed by atoms with Gasteiger partial charge in [-0.3, -0.25) is 9.78 Å². The van der Waals surface area contributed by atoms with Gasteiger partial charge >= 0.3 is 0 Å². The van der Waals surface area contributed by atoms with Gasteiger partial charge in [0, 0.05) is 38.1 Å². The summed E-state index contributed by atoms with van der Waals surface area (Å²) in [6.45, 7) is 1.79. The van der Waals surface area contributed by atoms with Crippen LogP contribution in [0.3, 0.4) is 0 Å². The van der Waals surface area contributed by atoms with Crippen LogP contribution in [-0.2, 0) is 0 Å². The highest BCUT2D eigenvalue weighted by Crippen LogP contribution is 2.05. The van der Waals surface area contributed by atoms with Crippen molar-refractivity contribution in [2.75, 3.05) is 40.8 Å². The Morgan fingerprint density at radius 2 is 2.05 bits per heavy atom. The lowest BCUT2D eigenvalue weighted by molar-refractivity contribution is 0.0786. The van der Waals surface area contributed by atoms with E-state index in [9.17, 15) is 4.79 Å². The van der Waals surface area contributed by atoms with Gasteiger partial charge in [-0.2, -0.15) is 0 Å². The number of carbonyl (C=O) groups excluding carboxylic acids is 1. The van der Waals surface area contributed by atoms with E-state index in [1.54, 1.807) is 30.4 Å². The van der Waals surface area contributed by atoms with E-state index in [0.29, 0.717) is 24.2 Å². The molecule has 0 aliphatic carbocycles. The Bertz CT molecular complexity index is 488. The molecular formula is C14H20N4O. The minimum atomic E-state index is -0.0502. The minimum absolute atomic E-state index is 0.0502. The topological polar surface area (TPSA) is 62.5 Å². The zero-order chi connectivity index (χ0) is 14.3. The number of pyridine rings is 1. The van der Waals surface area contributed by atoms with Crippen molar-refractivity contribution in [1.29, 1.82) is 0 Å². The number of nitrogens with two attached hydrogens (primary N) is 1. The molecule has 0 aliphatic heterocycles. The number of nitrogens with zero attached hydrogens (tertiary/aromatic N) is 3. The highest BCUT2D eigenvalue weighted by molar-refractivity contribution is 5.94. The first-order valence-electron chi connectivity index (χ1n) is 6.08. The van der Waals surface area contributed by atoms with E-state index in [1.807, 2.05) is 19.0 Å². The standard InChI is InChI=1S/C14H20N4O/c1-17(2)7-8-18(3)14(19)13-9-12(5-4-6-15)10-16-11-13/h9-11H,6-8,15H2,1-3H3. The molecule has 2 N–H and O–H groups in total. The van der Waals surface area contributed by atoms with Crippen LogP contribution in [0.1, 0.15) is 15.9 Å². The molecule has 1 heterocycles. The summed E-state index contributed by atoms with van der Waals surface area (Å²) in [6.07, 6.45) is 3.18. The van der Waals surface area contributed by atoms with Gasteiger partial charge < -0.3 is 15.5 Å². The average Bonchev–Trinajstić information content (AvgIpc) is 2.41. The van der Waals surface area contributed by atoms with Crippen LogP contribution in [-0.4, -0.2) is 61.5 Å². The summed E-state index contributed by atoms with van der Waals surface area (Å²) in [5, 5.41) is 0. The summed E-state index contributed by atoms with van der Waals surface area (Å²) < 4.78 is 0. The Morgan fingerprint density at radius 3 is 2.68 bits per heavy atom. The number of amides is 1. The molecule has 0 spiro atoms. The lowest BCUT2D eigenvalue weighted by atomic mass is 10.2. The first-order chi connectivity index (χ1) is 9.04. The Kier molecular flexibility index (Phi) is 6.00. The molecule has 19 heavy (non-hydrogen) atoms. The van der Waals surface area contributed by atoms with Crippen LogP contribution in [0.5, 0.6) is 0 Å². The Labute approximate surface area is 114 Å². The van der Waals surface area contributed by atoms with E-state index in [2.05, 4.69) is 16.8 Å². The van der Waals surface area contributed by atoms with Crippen molar-refractivity contribution < 1.29 is 4.79 Å². The van der Waals surface area contributed by atoms with Gasteiger partial charge in [-0.15, -0.1) is 0 Å². The van der Waals surface area contributed by atoms with Crippen LogP contribution >= 0.6 is 0 Å². The molecule has 1 aromatic heterocycles. The number of rotatable bonds is 4. The maximum absolute atomic E-state index is 12.2. The number of hydrogen-bond acceptors (Lipinski definition) is 4. The number of hydrogen-bond donors (Lipinski definition) is 1. The van der Waals surface area contributed by atoms with Gasteiger partial charge in [0.25, 0.3) is 5.91 Å². The highest BCUT2D eigenvalue weighted by Gasteiger charge is 2.12. The third-order valence-electron chi connectivity index (χ3n) is 2.55. The Hall–Kier alpha value is -1.90. The molecule has 0 saturated heterocycles. The van der Waals surface area contributed by atoms with Crippen molar-refractivity contribution in [3.8, 4) is 11.8 Å². The van der Waals surface area contributed by atoms with Gasteiger partial charge in [-0.1, -0.05) is 11.8 Å². The van der Waals surface area contributed by atoms with Gasteiger partial charge in [0.05, 0.1) is 12.1 Å². The summed E-state index contributed by atoms with van der Waals surface area (Å²) in [4.78, 5) is 19.9. The summed E-state index contributed by atoms with van der Waals surface area (Å²) in [5.41, 5.74) is 6.57.